The third-order valence-electron chi connectivity index (χ3n) is 1.50. The van der Waals surface area contributed by atoms with Crippen LogP contribution >= 0.6 is 11.3 Å². The van der Waals surface area contributed by atoms with Crippen molar-refractivity contribution in [3.05, 3.63) is 16.6 Å². The van der Waals surface area contributed by atoms with Gasteiger partial charge in [0, 0.05) is 30.8 Å². The lowest BCUT2D eigenvalue weighted by atomic mass is 10.2. The number of Topliss-reactive ketones (excluding diaryl/α,β-unsaturated/α-hetero) is 1. The van der Waals surface area contributed by atoms with Gasteiger partial charge in [0.05, 0.1) is 5.01 Å². The summed E-state index contributed by atoms with van der Waals surface area (Å²) in [7, 11) is 0. The minimum absolute atomic E-state index is 0.320. The van der Waals surface area contributed by atoms with Crippen LogP contribution in [0.15, 0.2) is 11.6 Å². The summed E-state index contributed by atoms with van der Waals surface area (Å²) in [5, 5.41) is 3.00. The van der Waals surface area contributed by atoms with Crippen molar-refractivity contribution in [1.82, 2.24) is 4.98 Å². The van der Waals surface area contributed by atoms with Gasteiger partial charge in [0.2, 0.25) is 0 Å². The number of carbonyl (C=O) groups excluding carboxylic acids is 1. The molecule has 1 aromatic heterocycles. The maximum Gasteiger partial charge on any atom is 0.133 e. The van der Waals surface area contributed by atoms with Crippen molar-refractivity contribution in [3.8, 4) is 0 Å². The lowest BCUT2D eigenvalue weighted by Gasteiger charge is -1.92. The normalized spacial score (nSPS) is 9.91. The molecule has 0 spiro atoms. The Hall–Kier alpha value is -0.700. The highest BCUT2D eigenvalue weighted by Crippen LogP contribution is 2.07. The van der Waals surface area contributed by atoms with E-state index in [0.29, 0.717) is 18.6 Å². The number of ketones is 1. The Morgan fingerprint density at radius 3 is 3.09 bits per heavy atom. The van der Waals surface area contributed by atoms with E-state index in [1.165, 1.54) is 0 Å². The largest absolute Gasteiger partial charge is 0.300 e. The molecule has 60 valence electrons. The molecule has 0 unspecified atom stereocenters. The second kappa shape index (κ2) is 4.23. The summed E-state index contributed by atoms with van der Waals surface area (Å²) in [4.78, 5) is 15.0. The van der Waals surface area contributed by atoms with Gasteiger partial charge in [-0.3, -0.25) is 4.79 Å². The number of hydrogen-bond donors (Lipinski definition) is 0. The van der Waals surface area contributed by atoms with Crippen LogP contribution < -0.4 is 0 Å². The lowest BCUT2D eigenvalue weighted by molar-refractivity contribution is -0.118. The van der Waals surface area contributed by atoms with Gasteiger partial charge in [0.25, 0.3) is 0 Å². The highest BCUT2D eigenvalue weighted by molar-refractivity contribution is 7.09. The van der Waals surface area contributed by atoms with Crippen LogP contribution in [0.25, 0.3) is 0 Å². The van der Waals surface area contributed by atoms with Crippen molar-refractivity contribution in [2.45, 2.75) is 26.2 Å². The monoisotopic (exact) mass is 169 g/mol. The number of nitrogens with zero attached hydrogens (tertiary/aromatic N) is 1. The highest BCUT2D eigenvalue weighted by Gasteiger charge is 2.00. The van der Waals surface area contributed by atoms with Crippen LogP contribution in [0.4, 0.5) is 0 Å². The zero-order chi connectivity index (χ0) is 8.10. The molecule has 0 aliphatic rings. The Labute approximate surface area is 70.3 Å². The molecule has 0 aromatic carbocycles. The number of carbonyl (C=O) groups is 1. The van der Waals surface area contributed by atoms with E-state index in [9.17, 15) is 4.79 Å². The van der Waals surface area contributed by atoms with Crippen molar-refractivity contribution in [2.24, 2.45) is 0 Å². The first-order valence-corrected chi connectivity index (χ1v) is 4.61. The molecule has 11 heavy (non-hydrogen) atoms. The van der Waals surface area contributed by atoms with E-state index >= 15 is 0 Å². The summed E-state index contributed by atoms with van der Waals surface area (Å²) in [5.41, 5.74) is 0. The van der Waals surface area contributed by atoms with Crippen molar-refractivity contribution < 1.29 is 4.79 Å². The molecule has 0 saturated carbocycles. The van der Waals surface area contributed by atoms with E-state index in [0.717, 1.165) is 11.4 Å². The average Bonchev–Trinajstić information content (AvgIpc) is 2.52. The number of aryl methyl sites for hydroxylation is 1. The Kier molecular flexibility index (Phi) is 3.23. The minimum atomic E-state index is 0.320. The Balaban J connectivity index is 2.29. The Bertz CT molecular complexity index is 218. The van der Waals surface area contributed by atoms with Crippen molar-refractivity contribution in [2.75, 3.05) is 0 Å². The second-order valence-electron chi connectivity index (χ2n) is 2.32. The maximum atomic E-state index is 10.9. The van der Waals surface area contributed by atoms with E-state index in [2.05, 4.69) is 4.98 Å². The molecule has 0 aliphatic carbocycles. The molecule has 0 amide bonds. The molecule has 1 rings (SSSR count). The predicted octanol–water partition coefficient (Wildman–Crippen LogP) is 2.05. The number of aromatic nitrogens is 1. The topological polar surface area (TPSA) is 30.0 Å². The predicted molar refractivity (Wildman–Crippen MR) is 45.7 cm³/mol. The second-order valence-corrected chi connectivity index (χ2v) is 3.30. The third-order valence-corrected chi connectivity index (χ3v) is 2.33. The van der Waals surface area contributed by atoms with Crippen molar-refractivity contribution >= 4 is 17.1 Å². The van der Waals surface area contributed by atoms with Gasteiger partial charge in [0.15, 0.2) is 0 Å². The molecule has 0 fully saturated rings. The van der Waals surface area contributed by atoms with Gasteiger partial charge >= 0.3 is 0 Å². The summed E-state index contributed by atoms with van der Waals surface area (Å²) in [6.07, 6.45) is 3.87. The average molecular weight is 169 g/mol. The lowest BCUT2D eigenvalue weighted by Crippen LogP contribution is -1.96. The van der Waals surface area contributed by atoms with Gasteiger partial charge < -0.3 is 0 Å². The first-order valence-electron chi connectivity index (χ1n) is 3.73. The fourth-order valence-electron chi connectivity index (χ4n) is 0.800. The summed E-state index contributed by atoms with van der Waals surface area (Å²) in [6, 6.07) is 0. The third kappa shape index (κ3) is 2.80. The van der Waals surface area contributed by atoms with E-state index in [1.54, 1.807) is 17.5 Å². The first-order chi connectivity index (χ1) is 5.33. The van der Waals surface area contributed by atoms with Crippen LogP contribution in [0, 0.1) is 0 Å². The zero-order valence-corrected chi connectivity index (χ0v) is 7.36. The molecule has 1 aromatic rings. The molecular weight excluding hydrogens is 158 g/mol. The van der Waals surface area contributed by atoms with Gasteiger partial charge in [-0.1, -0.05) is 6.92 Å². The summed E-state index contributed by atoms with van der Waals surface area (Å²) >= 11 is 1.61. The van der Waals surface area contributed by atoms with Gasteiger partial charge in [-0.25, -0.2) is 4.98 Å². The Morgan fingerprint density at radius 1 is 1.73 bits per heavy atom. The van der Waals surface area contributed by atoms with E-state index < -0.39 is 0 Å². The first kappa shape index (κ1) is 8.40. The smallest absolute Gasteiger partial charge is 0.133 e. The van der Waals surface area contributed by atoms with Crippen LogP contribution in [0.2, 0.25) is 0 Å². The zero-order valence-electron chi connectivity index (χ0n) is 6.54. The van der Waals surface area contributed by atoms with Gasteiger partial charge in [0.1, 0.15) is 5.78 Å². The van der Waals surface area contributed by atoms with E-state index in [-0.39, 0.29) is 0 Å². The van der Waals surface area contributed by atoms with Gasteiger partial charge in [-0.2, -0.15) is 0 Å². The summed E-state index contributed by atoms with van der Waals surface area (Å²) in [6.45, 7) is 1.89. The van der Waals surface area contributed by atoms with Crippen LogP contribution in [0.5, 0.6) is 0 Å². The standard InChI is InChI=1S/C8H11NOS/c1-2-7(10)3-4-8-9-5-6-11-8/h5-6H,2-4H2,1H3. The Morgan fingerprint density at radius 2 is 2.55 bits per heavy atom. The number of hydrogen-bond acceptors (Lipinski definition) is 3. The SMILES string of the molecule is CCC(=O)CCc1nccs1. The van der Waals surface area contributed by atoms with Crippen LogP contribution in [-0.4, -0.2) is 10.8 Å². The fraction of sp³-hybridized carbons (Fsp3) is 0.500. The quantitative estimate of drug-likeness (QED) is 0.690. The van der Waals surface area contributed by atoms with Crippen LogP contribution in [-0.2, 0) is 11.2 Å². The van der Waals surface area contributed by atoms with Crippen molar-refractivity contribution in [1.29, 1.82) is 0 Å². The molecule has 0 bridgehead atoms. The molecule has 0 N–H and O–H groups in total. The van der Waals surface area contributed by atoms with Gasteiger partial charge in [-0.05, 0) is 0 Å². The minimum Gasteiger partial charge on any atom is -0.300 e. The van der Waals surface area contributed by atoms with E-state index in [1.807, 2.05) is 12.3 Å². The van der Waals surface area contributed by atoms with Crippen molar-refractivity contribution in [3.63, 3.8) is 0 Å². The molecule has 0 atom stereocenters. The molecule has 0 saturated heterocycles. The number of rotatable bonds is 4. The fourth-order valence-corrected chi connectivity index (χ4v) is 1.42. The van der Waals surface area contributed by atoms with E-state index in [4.69, 9.17) is 0 Å². The molecule has 2 nitrogen and oxygen atoms in total. The van der Waals surface area contributed by atoms with Gasteiger partial charge in [-0.15, -0.1) is 11.3 Å². The van der Waals surface area contributed by atoms with Crippen LogP contribution in [0.3, 0.4) is 0 Å². The summed E-state index contributed by atoms with van der Waals surface area (Å²) in [5.74, 6) is 0.320. The molecule has 0 radical (unpaired) electrons. The molecule has 1 heterocycles. The summed E-state index contributed by atoms with van der Waals surface area (Å²) < 4.78 is 0. The highest BCUT2D eigenvalue weighted by atomic mass is 32.1. The number of thiazole rings is 1. The molecular formula is C8H11NOS. The van der Waals surface area contributed by atoms with Crippen LogP contribution in [0.1, 0.15) is 24.8 Å². The maximum absolute atomic E-state index is 10.9. The molecule has 3 heteroatoms. The molecule has 0 aliphatic heterocycles.